The summed E-state index contributed by atoms with van der Waals surface area (Å²) in [5.74, 6) is 0.306. The number of anilines is 2. The first-order valence-corrected chi connectivity index (χ1v) is 8.33. The topological polar surface area (TPSA) is 93.5 Å². The fourth-order valence-electron chi connectivity index (χ4n) is 2.24. The molecule has 4 N–H and O–H groups in total. The number of benzene rings is 2. The highest BCUT2D eigenvalue weighted by molar-refractivity contribution is 6.04. The van der Waals surface area contributed by atoms with Crippen molar-refractivity contribution in [2.24, 2.45) is 5.41 Å². The van der Waals surface area contributed by atoms with Crippen molar-refractivity contribution in [2.75, 3.05) is 18.2 Å². The molecule has 2 amide bonds. The molecule has 0 unspecified atom stereocenters. The van der Waals surface area contributed by atoms with Crippen molar-refractivity contribution in [3.05, 3.63) is 53.6 Å². The molecule has 0 fully saturated rings. The number of nitrogens with two attached hydrogens (primary N) is 1. The molecule has 2 aromatic rings. The van der Waals surface area contributed by atoms with Crippen LogP contribution in [0.3, 0.4) is 0 Å². The Morgan fingerprint density at radius 3 is 2.22 bits per heavy atom. The van der Waals surface area contributed by atoms with E-state index in [9.17, 15) is 9.59 Å². The van der Waals surface area contributed by atoms with E-state index in [1.165, 1.54) is 7.11 Å². The second-order valence-electron chi connectivity index (χ2n) is 7.04. The van der Waals surface area contributed by atoms with Crippen LogP contribution in [0.15, 0.2) is 42.5 Å². The van der Waals surface area contributed by atoms with E-state index in [1.807, 2.05) is 32.9 Å². The minimum absolute atomic E-state index is 0. The fraction of sp³-hybridized carbons (Fsp3) is 0.300. The fourth-order valence-corrected chi connectivity index (χ4v) is 2.24. The molecule has 27 heavy (non-hydrogen) atoms. The van der Waals surface area contributed by atoms with Crippen molar-refractivity contribution in [1.29, 1.82) is 0 Å². The number of nitrogens with one attached hydrogen (secondary N) is 2. The summed E-state index contributed by atoms with van der Waals surface area (Å²) in [6.07, 6.45) is 0. The van der Waals surface area contributed by atoms with Gasteiger partial charge in [-0.3, -0.25) is 9.59 Å². The summed E-state index contributed by atoms with van der Waals surface area (Å²) < 4.78 is 5.10. The van der Waals surface area contributed by atoms with Crippen LogP contribution in [0.5, 0.6) is 5.75 Å². The van der Waals surface area contributed by atoms with Gasteiger partial charge in [0.15, 0.2) is 0 Å². The van der Waals surface area contributed by atoms with E-state index in [2.05, 4.69) is 10.6 Å². The summed E-state index contributed by atoms with van der Waals surface area (Å²) in [6.45, 7) is 6.01. The van der Waals surface area contributed by atoms with E-state index >= 15 is 0 Å². The Hall–Kier alpha value is -2.73. The van der Waals surface area contributed by atoms with Gasteiger partial charge < -0.3 is 21.1 Å². The molecule has 2 aromatic carbocycles. The van der Waals surface area contributed by atoms with E-state index in [-0.39, 0.29) is 24.2 Å². The van der Waals surface area contributed by atoms with Crippen LogP contribution in [0.4, 0.5) is 11.4 Å². The highest BCUT2D eigenvalue weighted by Crippen LogP contribution is 2.24. The molecule has 0 aromatic heterocycles. The number of hydrogen-bond acceptors (Lipinski definition) is 4. The number of carbonyl (C=O) groups is 2. The molecular formula is C20H26ClN3O3. The normalized spacial score (nSPS) is 10.5. The molecule has 0 saturated heterocycles. The summed E-state index contributed by atoms with van der Waals surface area (Å²) >= 11 is 0. The van der Waals surface area contributed by atoms with Gasteiger partial charge in [0, 0.05) is 23.2 Å². The van der Waals surface area contributed by atoms with Gasteiger partial charge in [-0.1, -0.05) is 32.9 Å². The molecular weight excluding hydrogens is 366 g/mol. The number of nitrogen functional groups attached to an aromatic ring is 1. The lowest BCUT2D eigenvalue weighted by Crippen LogP contribution is -2.34. The number of ether oxygens (including phenoxy) is 1. The standard InChI is InChI=1S/C20H25N3O3.ClH/c1-20(2,3)19(25)22-12-13-5-7-14(8-6-13)18(24)23-15-9-10-17(26-4)16(21)11-15;/h5-11H,12,21H2,1-4H3,(H,22,25)(H,23,24);1H. The Kier molecular flexibility index (Phi) is 7.67. The molecule has 146 valence electrons. The largest absolute Gasteiger partial charge is 0.495 e. The third-order valence-corrected chi connectivity index (χ3v) is 3.84. The molecule has 0 aliphatic heterocycles. The predicted molar refractivity (Wildman–Crippen MR) is 110 cm³/mol. The lowest BCUT2D eigenvalue weighted by atomic mass is 9.95. The van der Waals surface area contributed by atoms with E-state index in [4.69, 9.17) is 10.5 Å². The molecule has 0 saturated carbocycles. The van der Waals surface area contributed by atoms with Gasteiger partial charge in [-0.2, -0.15) is 0 Å². The highest BCUT2D eigenvalue weighted by Gasteiger charge is 2.20. The van der Waals surface area contributed by atoms with Gasteiger partial charge in [0.2, 0.25) is 5.91 Å². The van der Waals surface area contributed by atoms with Crippen LogP contribution in [0, 0.1) is 5.41 Å². The zero-order valence-corrected chi connectivity index (χ0v) is 16.8. The van der Waals surface area contributed by atoms with Gasteiger partial charge in [-0.15, -0.1) is 12.4 Å². The maximum Gasteiger partial charge on any atom is 0.255 e. The van der Waals surface area contributed by atoms with Gasteiger partial charge in [0.05, 0.1) is 12.8 Å². The number of amides is 2. The smallest absolute Gasteiger partial charge is 0.255 e. The van der Waals surface area contributed by atoms with Crippen molar-refractivity contribution >= 4 is 35.6 Å². The average molecular weight is 392 g/mol. The predicted octanol–water partition coefficient (Wildman–Crippen LogP) is 3.61. The zero-order chi connectivity index (χ0) is 19.3. The molecule has 7 heteroatoms. The summed E-state index contributed by atoms with van der Waals surface area (Å²) in [4.78, 5) is 24.2. The third kappa shape index (κ3) is 6.18. The van der Waals surface area contributed by atoms with Crippen molar-refractivity contribution in [1.82, 2.24) is 5.32 Å². The Morgan fingerprint density at radius 1 is 1.07 bits per heavy atom. The van der Waals surface area contributed by atoms with Crippen LogP contribution in [-0.2, 0) is 11.3 Å². The lowest BCUT2D eigenvalue weighted by molar-refractivity contribution is -0.128. The van der Waals surface area contributed by atoms with Crippen molar-refractivity contribution in [3.8, 4) is 5.75 Å². The number of halogens is 1. The average Bonchev–Trinajstić information content (AvgIpc) is 2.59. The molecule has 0 atom stereocenters. The number of rotatable bonds is 5. The molecule has 0 aliphatic rings. The van der Waals surface area contributed by atoms with Crippen LogP contribution in [0.2, 0.25) is 0 Å². The van der Waals surface area contributed by atoms with E-state index in [0.29, 0.717) is 29.2 Å². The van der Waals surface area contributed by atoms with Gasteiger partial charge in [0.25, 0.3) is 5.91 Å². The van der Waals surface area contributed by atoms with Crippen molar-refractivity contribution in [3.63, 3.8) is 0 Å². The summed E-state index contributed by atoms with van der Waals surface area (Å²) in [6, 6.07) is 12.2. The molecule has 0 bridgehead atoms. The Balaban J connectivity index is 0.00000364. The van der Waals surface area contributed by atoms with Gasteiger partial charge in [0.1, 0.15) is 5.75 Å². The lowest BCUT2D eigenvalue weighted by Gasteiger charge is -2.17. The second-order valence-corrected chi connectivity index (χ2v) is 7.04. The monoisotopic (exact) mass is 391 g/mol. The number of hydrogen-bond donors (Lipinski definition) is 3. The Bertz CT molecular complexity index is 799. The van der Waals surface area contributed by atoms with Crippen LogP contribution >= 0.6 is 12.4 Å². The third-order valence-electron chi connectivity index (χ3n) is 3.84. The minimum atomic E-state index is -0.431. The van der Waals surface area contributed by atoms with Gasteiger partial charge in [-0.05, 0) is 35.9 Å². The summed E-state index contributed by atoms with van der Waals surface area (Å²) in [5.41, 5.74) is 7.90. The summed E-state index contributed by atoms with van der Waals surface area (Å²) in [5, 5.41) is 5.67. The second kappa shape index (κ2) is 9.28. The first-order chi connectivity index (χ1) is 12.2. The molecule has 0 aliphatic carbocycles. The van der Waals surface area contributed by atoms with Crippen LogP contribution in [0.1, 0.15) is 36.7 Å². The van der Waals surface area contributed by atoms with Crippen LogP contribution in [-0.4, -0.2) is 18.9 Å². The maximum atomic E-state index is 12.3. The molecule has 0 radical (unpaired) electrons. The van der Waals surface area contributed by atoms with Gasteiger partial charge in [-0.25, -0.2) is 0 Å². The quantitative estimate of drug-likeness (QED) is 0.678. The molecule has 0 heterocycles. The summed E-state index contributed by atoms with van der Waals surface area (Å²) in [7, 11) is 1.54. The number of methoxy groups -OCH3 is 1. The SMILES string of the molecule is COc1ccc(NC(=O)c2ccc(CNC(=O)C(C)(C)C)cc2)cc1N.Cl. The van der Waals surface area contributed by atoms with Crippen molar-refractivity contribution < 1.29 is 14.3 Å². The highest BCUT2D eigenvalue weighted by atomic mass is 35.5. The van der Waals surface area contributed by atoms with E-state index in [0.717, 1.165) is 5.56 Å². The van der Waals surface area contributed by atoms with Crippen LogP contribution < -0.4 is 21.1 Å². The zero-order valence-electron chi connectivity index (χ0n) is 16.0. The van der Waals surface area contributed by atoms with Crippen LogP contribution in [0.25, 0.3) is 0 Å². The maximum absolute atomic E-state index is 12.3. The van der Waals surface area contributed by atoms with E-state index in [1.54, 1.807) is 30.3 Å². The molecule has 6 nitrogen and oxygen atoms in total. The van der Waals surface area contributed by atoms with E-state index < -0.39 is 5.41 Å². The number of carbonyl (C=O) groups excluding carboxylic acids is 2. The molecule has 0 spiro atoms. The van der Waals surface area contributed by atoms with Gasteiger partial charge >= 0.3 is 0 Å². The van der Waals surface area contributed by atoms with Crippen molar-refractivity contribution in [2.45, 2.75) is 27.3 Å². The Labute approximate surface area is 165 Å². The Morgan fingerprint density at radius 2 is 1.70 bits per heavy atom. The first kappa shape index (κ1) is 22.3. The first-order valence-electron chi connectivity index (χ1n) is 8.33. The molecule has 2 rings (SSSR count). The minimum Gasteiger partial charge on any atom is -0.495 e.